The third-order valence-corrected chi connectivity index (χ3v) is 5.91. The molecule has 1 amide bonds. The van der Waals surface area contributed by atoms with Crippen molar-refractivity contribution < 1.29 is 18.7 Å². The number of aldehydes is 1. The van der Waals surface area contributed by atoms with Gasteiger partial charge in [-0.15, -0.1) is 0 Å². The zero-order valence-corrected chi connectivity index (χ0v) is 17.0. The summed E-state index contributed by atoms with van der Waals surface area (Å²) in [5.74, 6) is 1.31. The molecule has 0 spiro atoms. The second-order valence-corrected chi connectivity index (χ2v) is 7.78. The molecule has 0 N–H and O–H groups in total. The first-order valence-electron chi connectivity index (χ1n) is 10.5. The van der Waals surface area contributed by atoms with Crippen molar-refractivity contribution in [3.63, 3.8) is 0 Å². The van der Waals surface area contributed by atoms with E-state index in [2.05, 4.69) is 4.98 Å². The fraction of sp³-hybridized carbons (Fsp3) is 0.240. The van der Waals surface area contributed by atoms with E-state index in [1.807, 2.05) is 54.6 Å². The average Bonchev–Trinajstić information content (AvgIpc) is 3.26. The third-order valence-electron chi connectivity index (χ3n) is 5.91. The maximum absolute atomic E-state index is 12.7. The number of oxazole rings is 1. The molecule has 1 aromatic heterocycles. The van der Waals surface area contributed by atoms with Crippen molar-refractivity contribution >= 4 is 34.1 Å². The van der Waals surface area contributed by atoms with Crippen LogP contribution in [0.2, 0.25) is 0 Å². The van der Waals surface area contributed by atoms with Crippen molar-refractivity contribution in [2.45, 2.75) is 18.8 Å². The molecule has 1 aliphatic heterocycles. The highest BCUT2D eigenvalue weighted by atomic mass is 16.5. The van der Waals surface area contributed by atoms with Gasteiger partial charge in [-0.2, -0.15) is 0 Å². The Morgan fingerprint density at radius 1 is 1.06 bits per heavy atom. The van der Waals surface area contributed by atoms with E-state index in [-0.39, 0.29) is 18.4 Å². The van der Waals surface area contributed by atoms with Gasteiger partial charge >= 0.3 is 0 Å². The molecule has 0 unspecified atom stereocenters. The van der Waals surface area contributed by atoms with Gasteiger partial charge in [-0.1, -0.05) is 42.5 Å². The minimum absolute atomic E-state index is 0.0824. The summed E-state index contributed by atoms with van der Waals surface area (Å²) in [4.78, 5) is 30.7. The minimum Gasteiger partial charge on any atom is -0.483 e. The van der Waals surface area contributed by atoms with Crippen molar-refractivity contribution in [2.75, 3.05) is 19.7 Å². The van der Waals surface area contributed by atoms with Crippen molar-refractivity contribution in [2.24, 2.45) is 0 Å². The van der Waals surface area contributed by atoms with Gasteiger partial charge in [0.15, 0.2) is 24.4 Å². The van der Waals surface area contributed by atoms with E-state index in [1.165, 1.54) is 0 Å². The summed E-state index contributed by atoms with van der Waals surface area (Å²) in [7, 11) is 0. The zero-order chi connectivity index (χ0) is 21.2. The molecular weight excluding hydrogens is 392 g/mol. The number of piperidine rings is 1. The molecule has 4 aromatic rings. The molecular formula is C25H22N2O4. The fourth-order valence-corrected chi connectivity index (χ4v) is 4.19. The van der Waals surface area contributed by atoms with Gasteiger partial charge in [0.05, 0.1) is 5.56 Å². The molecule has 0 aliphatic carbocycles. The lowest BCUT2D eigenvalue weighted by Crippen LogP contribution is -2.40. The summed E-state index contributed by atoms with van der Waals surface area (Å²) < 4.78 is 11.6. The van der Waals surface area contributed by atoms with E-state index in [0.29, 0.717) is 24.4 Å². The molecule has 156 valence electrons. The minimum atomic E-state index is -0.0905. The molecule has 6 heteroatoms. The van der Waals surface area contributed by atoms with Gasteiger partial charge in [-0.25, -0.2) is 4.98 Å². The smallest absolute Gasteiger partial charge is 0.260 e. The molecule has 0 radical (unpaired) electrons. The van der Waals surface area contributed by atoms with E-state index >= 15 is 0 Å². The van der Waals surface area contributed by atoms with E-state index in [9.17, 15) is 9.59 Å². The number of rotatable bonds is 5. The van der Waals surface area contributed by atoms with Crippen LogP contribution in [0.15, 0.2) is 65.1 Å². The van der Waals surface area contributed by atoms with Crippen molar-refractivity contribution in [1.29, 1.82) is 0 Å². The molecule has 6 nitrogen and oxygen atoms in total. The van der Waals surface area contributed by atoms with Gasteiger partial charge in [0.2, 0.25) is 0 Å². The Hall–Kier alpha value is -3.67. The summed E-state index contributed by atoms with van der Waals surface area (Å²) in [5.41, 5.74) is 2.14. The fourth-order valence-electron chi connectivity index (χ4n) is 4.19. The molecule has 0 saturated carbocycles. The topological polar surface area (TPSA) is 72.6 Å². The van der Waals surface area contributed by atoms with Gasteiger partial charge in [-0.05, 0) is 41.8 Å². The van der Waals surface area contributed by atoms with Crippen LogP contribution >= 0.6 is 0 Å². The summed E-state index contributed by atoms with van der Waals surface area (Å²) in [6.45, 7) is 1.17. The summed E-state index contributed by atoms with van der Waals surface area (Å²) in [6.07, 6.45) is 2.39. The number of amides is 1. The normalized spacial score (nSPS) is 14.8. The molecule has 3 aromatic carbocycles. The van der Waals surface area contributed by atoms with Crippen LogP contribution in [0.25, 0.3) is 21.9 Å². The molecule has 0 bridgehead atoms. The van der Waals surface area contributed by atoms with Crippen molar-refractivity contribution in [3.05, 3.63) is 72.1 Å². The number of hydrogen-bond acceptors (Lipinski definition) is 5. The summed E-state index contributed by atoms with van der Waals surface area (Å²) in [5, 5.41) is 1.78. The summed E-state index contributed by atoms with van der Waals surface area (Å²) >= 11 is 0. The highest BCUT2D eigenvalue weighted by Gasteiger charge is 2.27. The van der Waals surface area contributed by atoms with Crippen LogP contribution in [0.3, 0.4) is 0 Å². The predicted octanol–water partition coefficient (Wildman–Crippen LogP) is 4.58. The van der Waals surface area contributed by atoms with E-state index in [0.717, 1.165) is 46.9 Å². The van der Waals surface area contributed by atoms with Crippen LogP contribution in [0.4, 0.5) is 0 Å². The Kier molecular flexibility index (Phi) is 5.12. The molecule has 2 heterocycles. The number of likely N-dealkylation sites (tertiary alicyclic amines) is 1. The molecule has 1 aliphatic rings. The highest BCUT2D eigenvalue weighted by molar-refractivity contribution is 6.00. The van der Waals surface area contributed by atoms with Gasteiger partial charge < -0.3 is 14.1 Å². The Labute approximate surface area is 179 Å². The Morgan fingerprint density at radius 2 is 1.84 bits per heavy atom. The number of nitrogens with zero attached hydrogens (tertiary/aromatic N) is 2. The zero-order valence-electron chi connectivity index (χ0n) is 17.0. The lowest BCUT2D eigenvalue weighted by atomic mass is 9.97. The van der Waals surface area contributed by atoms with Crippen LogP contribution in [0, 0.1) is 0 Å². The Morgan fingerprint density at radius 3 is 2.65 bits per heavy atom. The number of carbonyl (C=O) groups is 2. The predicted molar refractivity (Wildman–Crippen MR) is 117 cm³/mol. The van der Waals surface area contributed by atoms with Crippen LogP contribution in [-0.2, 0) is 4.79 Å². The van der Waals surface area contributed by atoms with Crippen LogP contribution in [-0.4, -0.2) is 41.8 Å². The van der Waals surface area contributed by atoms with E-state index in [4.69, 9.17) is 9.15 Å². The van der Waals surface area contributed by atoms with Gasteiger partial charge in [0, 0.05) is 19.0 Å². The lowest BCUT2D eigenvalue weighted by Gasteiger charge is -2.30. The van der Waals surface area contributed by atoms with Crippen LogP contribution in [0.5, 0.6) is 5.75 Å². The molecule has 1 saturated heterocycles. The molecule has 31 heavy (non-hydrogen) atoms. The van der Waals surface area contributed by atoms with Crippen LogP contribution < -0.4 is 4.74 Å². The standard InChI is InChI=1S/C25H22N2O4/c28-15-20-19-6-2-1-5-17(19)9-10-22(20)30-16-24(29)27-13-11-18(12-14-27)25-26-21-7-3-4-8-23(21)31-25/h1-10,15,18H,11-14,16H2. The highest BCUT2D eigenvalue weighted by Crippen LogP contribution is 2.30. The average molecular weight is 414 g/mol. The van der Waals surface area contributed by atoms with Gasteiger partial charge in [0.1, 0.15) is 11.3 Å². The maximum atomic E-state index is 12.7. The number of ether oxygens (including phenoxy) is 1. The first kappa shape index (κ1) is 19.3. The van der Waals surface area contributed by atoms with Crippen molar-refractivity contribution in [1.82, 2.24) is 9.88 Å². The molecule has 1 fully saturated rings. The first-order chi connectivity index (χ1) is 15.2. The first-order valence-corrected chi connectivity index (χ1v) is 10.5. The largest absolute Gasteiger partial charge is 0.483 e. The van der Waals surface area contributed by atoms with Gasteiger partial charge in [-0.3, -0.25) is 9.59 Å². The number of carbonyl (C=O) groups excluding carboxylic acids is 2. The van der Waals surface area contributed by atoms with E-state index < -0.39 is 0 Å². The van der Waals surface area contributed by atoms with E-state index in [1.54, 1.807) is 11.0 Å². The number of para-hydroxylation sites is 2. The quantitative estimate of drug-likeness (QED) is 0.447. The number of hydrogen-bond donors (Lipinski definition) is 0. The second kappa shape index (κ2) is 8.22. The Balaban J connectivity index is 1.21. The monoisotopic (exact) mass is 414 g/mol. The lowest BCUT2D eigenvalue weighted by molar-refractivity contribution is -0.134. The maximum Gasteiger partial charge on any atom is 0.260 e. The SMILES string of the molecule is O=Cc1c(OCC(=O)N2CCC(c3nc4ccccc4o3)CC2)ccc2ccccc12. The summed E-state index contributed by atoms with van der Waals surface area (Å²) in [6, 6.07) is 19.0. The number of fused-ring (bicyclic) bond motifs is 2. The molecule has 5 rings (SSSR count). The number of aromatic nitrogens is 1. The molecule has 0 atom stereocenters. The number of benzene rings is 3. The third kappa shape index (κ3) is 3.77. The van der Waals surface area contributed by atoms with Gasteiger partial charge in [0.25, 0.3) is 5.91 Å². The Bertz CT molecular complexity index is 1220. The second-order valence-electron chi connectivity index (χ2n) is 7.78. The van der Waals surface area contributed by atoms with Crippen LogP contribution in [0.1, 0.15) is 35.0 Å². The van der Waals surface area contributed by atoms with Crippen molar-refractivity contribution in [3.8, 4) is 5.75 Å².